The molecule has 5 nitrogen and oxygen atoms in total. The lowest BCUT2D eigenvalue weighted by Crippen LogP contribution is -2.37. The van der Waals surface area contributed by atoms with Gasteiger partial charge in [-0.1, -0.05) is 0 Å². The van der Waals surface area contributed by atoms with Crippen LogP contribution in [-0.4, -0.2) is 39.2 Å². The van der Waals surface area contributed by atoms with E-state index < -0.39 is 42.1 Å². The first-order valence-electron chi connectivity index (χ1n) is 3.83. The monoisotopic (exact) mass is 324 g/mol. The lowest BCUT2D eigenvalue weighted by Gasteiger charge is -2.16. The Morgan fingerprint density at radius 1 is 0.944 bits per heavy atom. The zero-order valence-electron chi connectivity index (χ0n) is 8.41. The third kappa shape index (κ3) is 3.71. The largest absolute Gasteiger partial charge is 0.499 e. The highest BCUT2D eigenvalue weighted by Crippen LogP contribution is 2.29. The van der Waals surface area contributed by atoms with Gasteiger partial charge < -0.3 is 4.74 Å². The molecule has 0 fully saturated rings. The molecule has 0 spiro atoms. The molecule has 0 aromatic heterocycles. The number of hydrogen-bond donors (Lipinski definition) is 0. The van der Waals surface area contributed by atoms with Crippen molar-refractivity contribution in [1.29, 1.82) is 0 Å². The second kappa shape index (κ2) is 4.85. The maximum Gasteiger partial charge on any atom is 0.499 e. The minimum absolute atomic E-state index is 0.273. The van der Waals surface area contributed by atoms with E-state index in [0.717, 1.165) is 0 Å². The van der Waals surface area contributed by atoms with Crippen LogP contribution in [0, 0.1) is 0 Å². The Bertz CT molecular complexity index is 485. The molecule has 0 bridgehead atoms. The Morgan fingerprint density at radius 2 is 1.33 bits per heavy atom. The maximum absolute atomic E-state index is 11.9. The molecule has 0 radical (unpaired) electrons. The average molecular weight is 324 g/mol. The second-order valence-corrected chi connectivity index (χ2v) is 7.05. The van der Waals surface area contributed by atoms with Gasteiger partial charge in [0.05, 0.1) is 0 Å². The molecule has 110 valence electrons. The molecule has 0 aliphatic carbocycles. The van der Waals surface area contributed by atoms with Crippen molar-refractivity contribution < 1.29 is 47.9 Å². The molecule has 0 amide bonds. The van der Waals surface area contributed by atoms with E-state index >= 15 is 0 Å². The Kier molecular flexibility index (Phi) is 4.69. The van der Waals surface area contributed by atoms with E-state index in [9.17, 15) is 43.2 Å². The highest BCUT2D eigenvalue weighted by molar-refractivity contribution is 7.93. The summed E-state index contributed by atoms with van der Waals surface area (Å²) in [5.41, 5.74) is -14.3. The van der Waals surface area contributed by atoms with E-state index in [1.165, 1.54) is 0 Å². The first kappa shape index (κ1) is 17.4. The Balaban J connectivity index is 4.91. The molecule has 0 aliphatic heterocycles. The topological polar surface area (TPSA) is 77.5 Å². The highest BCUT2D eigenvalue weighted by atomic mass is 32.2. The number of halogens is 6. The van der Waals surface area contributed by atoms with Crippen molar-refractivity contribution in [2.75, 3.05) is 5.94 Å². The summed E-state index contributed by atoms with van der Waals surface area (Å²) in [6.07, 6.45) is 0. The number of sulfone groups is 2. The number of alkyl halides is 6. The summed E-state index contributed by atoms with van der Waals surface area (Å²) >= 11 is 0. The van der Waals surface area contributed by atoms with Gasteiger partial charge in [0.2, 0.25) is 0 Å². The van der Waals surface area contributed by atoms with Crippen molar-refractivity contribution in [2.45, 2.75) is 23.4 Å². The van der Waals surface area contributed by atoms with Crippen molar-refractivity contribution in [1.82, 2.24) is 0 Å². The lowest BCUT2D eigenvalue weighted by atomic mass is 10.9. The van der Waals surface area contributed by atoms with Crippen LogP contribution in [0.5, 0.6) is 0 Å². The van der Waals surface area contributed by atoms with E-state index in [1.54, 1.807) is 0 Å². The zero-order chi connectivity index (χ0) is 15.0. The molecule has 0 saturated heterocycles. The average Bonchev–Trinajstić information content (AvgIpc) is 2.10. The van der Waals surface area contributed by atoms with Crippen LogP contribution < -0.4 is 0 Å². The fourth-order valence-electron chi connectivity index (χ4n) is 0.530. The van der Waals surface area contributed by atoms with Crippen LogP contribution in [0.1, 0.15) is 6.92 Å². The van der Waals surface area contributed by atoms with Crippen LogP contribution in [-0.2, 0) is 24.4 Å². The van der Waals surface area contributed by atoms with E-state index in [-0.39, 0.29) is 6.92 Å². The van der Waals surface area contributed by atoms with Crippen LogP contribution in [0.25, 0.3) is 0 Å². The van der Waals surface area contributed by atoms with E-state index in [4.69, 9.17) is 0 Å². The van der Waals surface area contributed by atoms with Gasteiger partial charge in [0.15, 0.2) is 11.4 Å². The number of rotatable bonds is 4. The molecule has 0 saturated carbocycles. The Labute approximate surface area is 97.6 Å². The van der Waals surface area contributed by atoms with Crippen LogP contribution in [0.15, 0.2) is 0 Å². The predicted molar refractivity (Wildman–Crippen MR) is 45.4 cm³/mol. The van der Waals surface area contributed by atoms with Crippen LogP contribution in [0.4, 0.5) is 26.3 Å². The maximum atomic E-state index is 11.9. The van der Waals surface area contributed by atoms with Gasteiger partial charge in [-0.3, -0.25) is 0 Å². The fourth-order valence-corrected chi connectivity index (χ4v) is 1.76. The van der Waals surface area contributed by atoms with Crippen molar-refractivity contribution in [3.8, 4) is 0 Å². The SMILES string of the molecule is CC(OCS(=O)(=O)C(F)(F)F)S(=O)(=O)C(F)(F)F. The quantitative estimate of drug-likeness (QED) is 0.726. The standard InChI is InChI=1S/C5H6F6O5S2/c1-3(18(14,15)5(9,10)11)16-2-17(12,13)4(6,7)8/h3H,2H2,1H3. The van der Waals surface area contributed by atoms with Gasteiger partial charge in [-0.2, -0.15) is 26.3 Å². The first-order valence-corrected chi connectivity index (χ1v) is 7.03. The number of ether oxygens (including phenoxy) is 1. The van der Waals surface area contributed by atoms with Crippen LogP contribution in [0.2, 0.25) is 0 Å². The molecule has 1 unspecified atom stereocenters. The van der Waals surface area contributed by atoms with E-state index in [0.29, 0.717) is 0 Å². The normalized spacial score (nSPS) is 16.6. The molecule has 18 heavy (non-hydrogen) atoms. The molecule has 0 aromatic carbocycles. The van der Waals surface area contributed by atoms with Gasteiger partial charge >= 0.3 is 11.0 Å². The number of hydrogen-bond acceptors (Lipinski definition) is 5. The predicted octanol–water partition coefficient (Wildman–Crippen LogP) is 1.18. The summed E-state index contributed by atoms with van der Waals surface area (Å²) < 4.78 is 117. The zero-order valence-corrected chi connectivity index (χ0v) is 10.0. The lowest BCUT2D eigenvalue weighted by molar-refractivity contribution is -0.0512. The molecule has 0 aromatic rings. The molecule has 0 heterocycles. The summed E-state index contributed by atoms with van der Waals surface area (Å²) in [6.45, 7) is 0.273. The molecule has 1 atom stereocenters. The van der Waals surface area contributed by atoms with Gasteiger partial charge in [0.25, 0.3) is 19.7 Å². The molecule has 13 heteroatoms. The highest BCUT2D eigenvalue weighted by Gasteiger charge is 2.51. The summed E-state index contributed by atoms with van der Waals surface area (Å²) in [5.74, 6) is -2.22. The summed E-state index contributed by atoms with van der Waals surface area (Å²) in [6, 6.07) is 0. The fraction of sp³-hybridized carbons (Fsp3) is 1.00. The Hall–Kier alpha value is -0.560. The molecular weight excluding hydrogens is 318 g/mol. The van der Waals surface area contributed by atoms with Crippen LogP contribution >= 0.6 is 0 Å². The van der Waals surface area contributed by atoms with Crippen molar-refractivity contribution in [2.24, 2.45) is 0 Å². The minimum atomic E-state index is -5.90. The molecule has 0 aliphatic rings. The van der Waals surface area contributed by atoms with Crippen molar-refractivity contribution >= 4 is 19.7 Å². The van der Waals surface area contributed by atoms with Gasteiger partial charge in [-0.25, -0.2) is 16.8 Å². The van der Waals surface area contributed by atoms with Gasteiger partial charge in [0, 0.05) is 0 Å². The summed E-state index contributed by atoms with van der Waals surface area (Å²) in [7, 11) is -11.8. The molecular formula is C5H6F6O5S2. The summed E-state index contributed by atoms with van der Waals surface area (Å²) in [4.78, 5) is 0. The van der Waals surface area contributed by atoms with Gasteiger partial charge in [0.1, 0.15) is 0 Å². The summed E-state index contributed by atoms with van der Waals surface area (Å²) in [5, 5.41) is 0. The molecule has 0 N–H and O–H groups in total. The van der Waals surface area contributed by atoms with Crippen LogP contribution in [0.3, 0.4) is 0 Å². The van der Waals surface area contributed by atoms with Gasteiger partial charge in [-0.05, 0) is 6.92 Å². The Morgan fingerprint density at radius 3 is 1.61 bits per heavy atom. The van der Waals surface area contributed by atoms with Crippen molar-refractivity contribution in [3.05, 3.63) is 0 Å². The smallest absolute Gasteiger partial charge is 0.346 e. The minimum Gasteiger partial charge on any atom is -0.346 e. The van der Waals surface area contributed by atoms with E-state index in [2.05, 4.69) is 4.74 Å². The van der Waals surface area contributed by atoms with Gasteiger partial charge in [-0.15, -0.1) is 0 Å². The third-order valence-electron chi connectivity index (χ3n) is 1.57. The van der Waals surface area contributed by atoms with E-state index in [1.807, 2.05) is 0 Å². The first-order chi connectivity index (χ1) is 7.63. The third-order valence-corrected chi connectivity index (χ3v) is 4.38. The molecule has 0 rings (SSSR count). The van der Waals surface area contributed by atoms with Crippen molar-refractivity contribution in [3.63, 3.8) is 0 Å². The second-order valence-electron chi connectivity index (χ2n) is 2.90.